The summed E-state index contributed by atoms with van der Waals surface area (Å²) in [5.41, 5.74) is 2.02. The van der Waals surface area contributed by atoms with Crippen LogP contribution >= 0.6 is 11.3 Å². The van der Waals surface area contributed by atoms with Crippen LogP contribution in [0.2, 0.25) is 0 Å². The first-order valence-corrected chi connectivity index (χ1v) is 5.58. The molecule has 0 saturated carbocycles. The summed E-state index contributed by atoms with van der Waals surface area (Å²) in [6, 6.07) is 8.14. The van der Waals surface area contributed by atoms with E-state index in [1.54, 1.807) is 11.3 Å². The zero-order valence-electron chi connectivity index (χ0n) is 8.66. The average molecular weight is 203 g/mol. The molecule has 2 aromatic rings. The first-order valence-electron chi connectivity index (χ1n) is 4.70. The predicted octanol–water partition coefficient (Wildman–Crippen LogP) is 4.11. The average Bonchev–Trinajstić information content (AvgIpc) is 2.71. The van der Waals surface area contributed by atoms with Crippen molar-refractivity contribution in [1.29, 1.82) is 5.26 Å². The van der Waals surface area contributed by atoms with Crippen molar-refractivity contribution in [3.63, 3.8) is 0 Å². The van der Waals surface area contributed by atoms with Crippen molar-refractivity contribution in [2.24, 2.45) is 0 Å². The molecule has 0 aliphatic carbocycles. The Labute approximate surface area is 88.6 Å². The number of benzene rings is 1. The maximum Gasteiger partial charge on any atom is 0.101 e. The number of hydrogen-bond acceptors (Lipinski definition) is 2. The van der Waals surface area contributed by atoms with Gasteiger partial charge in [-0.25, -0.2) is 0 Å². The summed E-state index contributed by atoms with van der Waals surface area (Å²) < 4.78 is 1.11. The minimum atomic E-state index is 0.783. The number of rotatable bonds is 0. The van der Waals surface area contributed by atoms with E-state index >= 15 is 0 Å². The van der Waals surface area contributed by atoms with Crippen molar-refractivity contribution >= 4 is 21.4 Å². The van der Waals surface area contributed by atoms with Crippen LogP contribution in [-0.2, 0) is 0 Å². The lowest BCUT2D eigenvalue weighted by atomic mass is 10.1. The second-order valence-corrected chi connectivity index (χ2v) is 3.62. The number of hydrogen-bond donors (Lipinski definition) is 0. The predicted molar refractivity (Wildman–Crippen MR) is 62.6 cm³/mol. The molecule has 72 valence electrons. The summed E-state index contributed by atoms with van der Waals surface area (Å²) >= 11 is 1.63. The minimum absolute atomic E-state index is 0.783. The lowest BCUT2D eigenvalue weighted by molar-refractivity contribution is 1.49. The van der Waals surface area contributed by atoms with Gasteiger partial charge in [0.05, 0.1) is 10.3 Å². The van der Waals surface area contributed by atoms with E-state index in [-0.39, 0.29) is 0 Å². The third kappa shape index (κ3) is 1.78. The molecule has 2 heteroatoms. The second-order valence-electron chi connectivity index (χ2n) is 2.71. The lowest BCUT2D eigenvalue weighted by Crippen LogP contribution is -1.77. The fourth-order valence-electron chi connectivity index (χ4n) is 1.29. The van der Waals surface area contributed by atoms with Gasteiger partial charge >= 0.3 is 0 Å². The Morgan fingerprint density at radius 3 is 2.57 bits per heavy atom. The normalized spacial score (nSPS) is 9.00. The quantitative estimate of drug-likeness (QED) is 0.632. The molecular formula is C12H13NS. The maximum absolute atomic E-state index is 8.80. The van der Waals surface area contributed by atoms with Crippen LogP contribution in [0.25, 0.3) is 10.1 Å². The fourth-order valence-corrected chi connectivity index (χ4v) is 2.23. The van der Waals surface area contributed by atoms with E-state index in [1.165, 1.54) is 10.9 Å². The van der Waals surface area contributed by atoms with Gasteiger partial charge in [-0.1, -0.05) is 19.9 Å². The zero-order valence-corrected chi connectivity index (χ0v) is 9.48. The van der Waals surface area contributed by atoms with Crippen LogP contribution in [0.4, 0.5) is 0 Å². The topological polar surface area (TPSA) is 23.8 Å². The summed E-state index contributed by atoms with van der Waals surface area (Å²) in [6.45, 7) is 6.07. The first-order chi connectivity index (χ1) is 6.83. The fraction of sp³-hybridized carbons (Fsp3) is 0.250. The van der Waals surface area contributed by atoms with Crippen LogP contribution in [0, 0.1) is 18.3 Å². The van der Waals surface area contributed by atoms with E-state index in [0.29, 0.717) is 0 Å². The Morgan fingerprint density at radius 1 is 1.21 bits per heavy atom. The number of thiophene rings is 1. The smallest absolute Gasteiger partial charge is 0.101 e. The number of fused-ring (bicyclic) bond motifs is 1. The van der Waals surface area contributed by atoms with Crippen LogP contribution in [0.3, 0.4) is 0 Å². The van der Waals surface area contributed by atoms with Gasteiger partial charge in [0.1, 0.15) is 6.07 Å². The van der Waals surface area contributed by atoms with Gasteiger partial charge in [-0.05, 0) is 35.4 Å². The van der Waals surface area contributed by atoms with Crippen LogP contribution in [0.5, 0.6) is 0 Å². The molecule has 0 aliphatic heterocycles. The molecule has 1 nitrogen and oxygen atoms in total. The van der Waals surface area contributed by atoms with Gasteiger partial charge in [0, 0.05) is 0 Å². The van der Waals surface area contributed by atoms with Gasteiger partial charge < -0.3 is 0 Å². The number of aryl methyl sites for hydroxylation is 1. The van der Waals surface area contributed by atoms with Crippen molar-refractivity contribution in [1.82, 2.24) is 0 Å². The van der Waals surface area contributed by atoms with Gasteiger partial charge in [-0.3, -0.25) is 0 Å². The summed E-state index contributed by atoms with van der Waals surface area (Å²) in [6.07, 6.45) is 0. The summed E-state index contributed by atoms with van der Waals surface area (Å²) in [4.78, 5) is 0. The molecule has 0 radical (unpaired) electrons. The van der Waals surface area contributed by atoms with Crippen molar-refractivity contribution in [2.75, 3.05) is 0 Å². The van der Waals surface area contributed by atoms with Crippen molar-refractivity contribution < 1.29 is 0 Å². The van der Waals surface area contributed by atoms with E-state index in [2.05, 4.69) is 19.1 Å². The molecule has 1 aromatic carbocycles. The summed E-state index contributed by atoms with van der Waals surface area (Å²) in [7, 11) is 0. The van der Waals surface area contributed by atoms with E-state index in [9.17, 15) is 0 Å². The molecule has 0 unspecified atom stereocenters. The standard InChI is InChI=1S/C10H7NS.C2H6/c1-7-2-3-8(6-11)10-9(7)4-5-12-10;1-2/h2-5H,1H3;1-2H3. The highest BCUT2D eigenvalue weighted by atomic mass is 32.1. The molecule has 0 aliphatic rings. The Balaban J connectivity index is 0.000000461. The Morgan fingerprint density at radius 2 is 1.93 bits per heavy atom. The highest BCUT2D eigenvalue weighted by Crippen LogP contribution is 2.26. The van der Waals surface area contributed by atoms with E-state index in [1.807, 2.05) is 31.4 Å². The second kappa shape index (κ2) is 4.78. The zero-order chi connectivity index (χ0) is 10.6. The molecule has 0 atom stereocenters. The van der Waals surface area contributed by atoms with Crippen LogP contribution in [-0.4, -0.2) is 0 Å². The molecule has 1 aromatic heterocycles. The maximum atomic E-state index is 8.80. The molecular weight excluding hydrogens is 190 g/mol. The molecule has 0 amide bonds. The number of nitrogens with zero attached hydrogens (tertiary/aromatic N) is 1. The molecule has 0 saturated heterocycles. The Kier molecular flexibility index (Phi) is 3.67. The minimum Gasteiger partial charge on any atom is -0.192 e. The van der Waals surface area contributed by atoms with Crippen molar-refractivity contribution in [3.8, 4) is 6.07 Å². The lowest BCUT2D eigenvalue weighted by Gasteiger charge is -1.96. The van der Waals surface area contributed by atoms with Gasteiger partial charge in [0.2, 0.25) is 0 Å². The SMILES string of the molecule is CC.Cc1ccc(C#N)c2sccc12. The molecule has 0 fully saturated rings. The van der Waals surface area contributed by atoms with E-state index in [0.717, 1.165) is 10.3 Å². The monoisotopic (exact) mass is 203 g/mol. The summed E-state index contributed by atoms with van der Waals surface area (Å²) in [5.74, 6) is 0. The molecule has 1 heterocycles. The van der Waals surface area contributed by atoms with Gasteiger partial charge in [-0.15, -0.1) is 11.3 Å². The molecule has 14 heavy (non-hydrogen) atoms. The van der Waals surface area contributed by atoms with Crippen molar-refractivity contribution in [3.05, 3.63) is 34.7 Å². The highest BCUT2D eigenvalue weighted by molar-refractivity contribution is 7.17. The van der Waals surface area contributed by atoms with E-state index < -0.39 is 0 Å². The Hall–Kier alpha value is -1.33. The van der Waals surface area contributed by atoms with Gasteiger partial charge in [0.25, 0.3) is 0 Å². The van der Waals surface area contributed by atoms with Crippen LogP contribution < -0.4 is 0 Å². The van der Waals surface area contributed by atoms with E-state index in [4.69, 9.17) is 5.26 Å². The Bertz CT molecular complexity index is 463. The molecule has 0 N–H and O–H groups in total. The third-order valence-corrected chi connectivity index (χ3v) is 2.90. The molecule has 2 rings (SSSR count). The first kappa shape index (κ1) is 10.7. The number of nitriles is 1. The van der Waals surface area contributed by atoms with Crippen LogP contribution in [0.1, 0.15) is 25.0 Å². The third-order valence-electron chi connectivity index (χ3n) is 1.96. The van der Waals surface area contributed by atoms with Crippen molar-refractivity contribution in [2.45, 2.75) is 20.8 Å². The largest absolute Gasteiger partial charge is 0.192 e. The van der Waals surface area contributed by atoms with Gasteiger partial charge in [-0.2, -0.15) is 5.26 Å². The molecule has 0 spiro atoms. The summed E-state index contributed by atoms with van der Waals surface area (Å²) in [5, 5.41) is 12.0. The van der Waals surface area contributed by atoms with Crippen LogP contribution in [0.15, 0.2) is 23.6 Å². The molecule has 0 bridgehead atoms. The highest BCUT2D eigenvalue weighted by Gasteiger charge is 2.02. The van der Waals surface area contributed by atoms with Gasteiger partial charge in [0.15, 0.2) is 0 Å².